The summed E-state index contributed by atoms with van der Waals surface area (Å²) in [6, 6.07) is 9.51. The summed E-state index contributed by atoms with van der Waals surface area (Å²) in [6.45, 7) is 2.08. The highest BCUT2D eigenvalue weighted by Crippen LogP contribution is 2.15. The van der Waals surface area contributed by atoms with Crippen LogP contribution in [-0.4, -0.2) is 20.6 Å². The van der Waals surface area contributed by atoms with E-state index in [0.717, 1.165) is 5.75 Å². The van der Waals surface area contributed by atoms with Crippen LogP contribution in [0, 0.1) is 11.8 Å². The van der Waals surface area contributed by atoms with Gasteiger partial charge >= 0.3 is 0 Å². The van der Waals surface area contributed by atoms with Crippen LogP contribution in [0.5, 0.6) is 5.75 Å². The standard InChI is InChI=1S/C13H14N4OS/c1-2-3-9-19-13-16-15-12(17(13)14)10-18-11-7-5-4-6-8-11/h4-8H,9-10,14H2,1H3. The highest BCUT2D eigenvalue weighted by Gasteiger charge is 2.10. The fourth-order valence-corrected chi connectivity index (χ4v) is 2.03. The Hall–Kier alpha value is -2.13. The average Bonchev–Trinajstić information content (AvgIpc) is 2.79. The highest BCUT2D eigenvalue weighted by molar-refractivity contribution is 7.99. The predicted molar refractivity (Wildman–Crippen MR) is 75.1 cm³/mol. The van der Waals surface area contributed by atoms with E-state index in [2.05, 4.69) is 22.0 Å². The number of aromatic nitrogens is 3. The molecule has 5 nitrogen and oxygen atoms in total. The molecular formula is C13H14N4OS. The minimum absolute atomic E-state index is 0.285. The molecule has 0 saturated heterocycles. The van der Waals surface area contributed by atoms with E-state index in [1.165, 1.54) is 16.4 Å². The summed E-state index contributed by atoms with van der Waals surface area (Å²) in [6.07, 6.45) is 0. The third kappa shape index (κ3) is 3.66. The summed E-state index contributed by atoms with van der Waals surface area (Å²) in [5.74, 6) is 13.6. The van der Waals surface area contributed by atoms with Crippen LogP contribution in [0.25, 0.3) is 0 Å². The summed E-state index contributed by atoms with van der Waals surface area (Å²) in [4.78, 5) is 0. The van der Waals surface area contributed by atoms with Crippen LogP contribution in [0.2, 0.25) is 0 Å². The first-order chi connectivity index (χ1) is 9.31. The molecule has 0 aliphatic carbocycles. The molecule has 19 heavy (non-hydrogen) atoms. The van der Waals surface area contributed by atoms with E-state index in [9.17, 15) is 0 Å². The first-order valence-corrected chi connectivity index (χ1v) is 6.69. The molecule has 0 unspecified atom stereocenters. The van der Waals surface area contributed by atoms with Gasteiger partial charge in [-0.05, 0) is 19.1 Å². The molecule has 6 heteroatoms. The Morgan fingerprint density at radius 2 is 2.11 bits per heavy atom. The number of thioether (sulfide) groups is 1. The van der Waals surface area contributed by atoms with Crippen molar-refractivity contribution in [1.29, 1.82) is 0 Å². The van der Waals surface area contributed by atoms with Gasteiger partial charge in [0.05, 0.1) is 5.75 Å². The molecule has 0 aliphatic rings. The van der Waals surface area contributed by atoms with Crippen molar-refractivity contribution < 1.29 is 4.74 Å². The van der Waals surface area contributed by atoms with Gasteiger partial charge in [0, 0.05) is 0 Å². The monoisotopic (exact) mass is 274 g/mol. The third-order valence-corrected chi connectivity index (χ3v) is 3.12. The minimum Gasteiger partial charge on any atom is -0.486 e. The maximum Gasteiger partial charge on any atom is 0.210 e. The Morgan fingerprint density at radius 1 is 1.32 bits per heavy atom. The van der Waals surface area contributed by atoms with E-state index in [-0.39, 0.29) is 6.61 Å². The summed E-state index contributed by atoms with van der Waals surface area (Å²) >= 11 is 1.45. The van der Waals surface area contributed by atoms with Gasteiger partial charge in [-0.1, -0.05) is 35.9 Å². The van der Waals surface area contributed by atoms with Gasteiger partial charge in [-0.3, -0.25) is 0 Å². The number of nitrogen functional groups attached to an aromatic ring is 1. The molecule has 2 rings (SSSR count). The Morgan fingerprint density at radius 3 is 2.84 bits per heavy atom. The van der Waals surface area contributed by atoms with Crippen LogP contribution in [0.1, 0.15) is 12.7 Å². The van der Waals surface area contributed by atoms with E-state index >= 15 is 0 Å². The van der Waals surface area contributed by atoms with Gasteiger partial charge in [0.25, 0.3) is 0 Å². The highest BCUT2D eigenvalue weighted by atomic mass is 32.2. The molecule has 0 aliphatic heterocycles. The number of hydrogen-bond acceptors (Lipinski definition) is 5. The van der Waals surface area contributed by atoms with E-state index in [0.29, 0.717) is 16.7 Å². The zero-order valence-corrected chi connectivity index (χ0v) is 11.4. The average molecular weight is 274 g/mol. The fourth-order valence-electron chi connectivity index (χ4n) is 1.34. The van der Waals surface area contributed by atoms with Crippen molar-refractivity contribution in [3.8, 4) is 17.6 Å². The van der Waals surface area contributed by atoms with E-state index in [4.69, 9.17) is 10.6 Å². The number of rotatable bonds is 5. The number of benzene rings is 1. The number of nitrogens with zero attached hydrogens (tertiary/aromatic N) is 3. The SMILES string of the molecule is CC#CCSc1nnc(COc2ccccc2)n1N. The predicted octanol–water partition coefficient (Wildman–Crippen LogP) is 1.69. The lowest BCUT2D eigenvalue weighted by atomic mass is 10.3. The molecule has 0 spiro atoms. The van der Waals surface area contributed by atoms with Crippen molar-refractivity contribution in [2.24, 2.45) is 0 Å². The molecule has 0 bridgehead atoms. The van der Waals surface area contributed by atoms with Crippen LogP contribution in [-0.2, 0) is 6.61 Å². The summed E-state index contributed by atoms with van der Waals surface area (Å²) in [7, 11) is 0. The van der Waals surface area contributed by atoms with Crippen LogP contribution < -0.4 is 10.6 Å². The lowest BCUT2D eigenvalue weighted by Gasteiger charge is -2.05. The molecule has 1 aromatic heterocycles. The van der Waals surface area contributed by atoms with Crippen molar-refractivity contribution in [3.63, 3.8) is 0 Å². The van der Waals surface area contributed by atoms with Crippen molar-refractivity contribution in [2.45, 2.75) is 18.7 Å². The largest absolute Gasteiger partial charge is 0.486 e. The molecule has 0 atom stereocenters. The molecule has 98 valence electrons. The van der Waals surface area contributed by atoms with Gasteiger partial charge < -0.3 is 10.6 Å². The van der Waals surface area contributed by atoms with Crippen LogP contribution in [0.3, 0.4) is 0 Å². The van der Waals surface area contributed by atoms with Gasteiger partial charge in [-0.2, -0.15) is 0 Å². The second-order valence-electron chi connectivity index (χ2n) is 3.59. The van der Waals surface area contributed by atoms with Crippen molar-refractivity contribution in [1.82, 2.24) is 14.9 Å². The lowest BCUT2D eigenvalue weighted by Crippen LogP contribution is -2.15. The topological polar surface area (TPSA) is 66.0 Å². The molecule has 1 aromatic carbocycles. The number of hydrogen-bond donors (Lipinski definition) is 1. The first kappa shape index (κ1) is 13.3. The molecule has 2 aromatic rings. The van der Waals surface area contributed by atoms with E-state index in [1.807, 2.05) is 30.3 Å². The molecule has 0 amide bonds. The Bertz CT molecular complexity index is 586. The van der Waals surface area contributed by atoms with Gasteiger partial charge in [0.15, 0.2) is 5.82 Å². The molecule has 0 radical (unpaired) electrons. The van der Waals surface area contributed by atoms with Crippen molar-refractivity contribution >= 4 is 11.8 Å². The Kier molecular flexibility index (Phi) is 4.70. The maximum atomic E-state index is 5.89. The normalized spacial score (nSPS) is 9.74. The van der Waals surface area contributed by atoms with Gasteiger partial charge in [-0.15, -0.1) is 16.1 Å². The number of nitrogens with two attached hydrogens (primary N) is 1. The van der Waals surface area contributed by atoms with E-state index in [1.54, 1.807) is 6.92 Å². The molecule has 0 saturated carbocycles. The molecule has 1 heterocycles. The number of ether oxygens (including phenoxy) is 1. The van der Waals surface area contributed by atoms with Crippen LogP contribution >= 0.6 is 11.8 Å². The summed E-state index contributed by atoms with van der Waals surface area (Å²) in [5, 5.41) is 8.64. The van der Waals surface area contributed by atoms with Crippen molar-refractivity contribution in [3.05, 3.63) is 36.2 Å². The maximum absolute atomic E-state index is 5.89. The smallest absolute Gasteiger partial charge is 0.210 e. The fraction of sp³-hybridized carbons (Fsp3) is 0.231. The second kappa shape index (κ2) is 6.71. The lowest BCUT2D eigenvalue weighted by molar-refractivity contribution is 0.291. The van der Waals surface area contributed by atoms with Crippen LogP contribution in [0.4, 0.5) is 0 Å². The Balaban J connectivity index is 1.95. The summed E-state index contributed by atoms with van der Waals surface area (Å²) < 4.78 is 7.01. The minimum atomic E-state index is 0.285. The molecule has 2 N–H and O–H groups in total. The van der Waals surface area contributed by atoms with Crippen LogP contribution in [0.15, 0.2) is 35.5 Å². The third-order valence-electron chi connectivity index (χ3n) is 2.30. The van der Waals surface area contributed by atoms with Gasteiger partial charge in [-0.25, -0.2) is 4.68 Å². The van der Waals surface area contributed by atoms with E-state index < -0.39 is 0 Å². The first-order valence-electron chi connectivity index (χ1n) is 5.71. The second-order valence-corrected chi connectivity index (χ2v) is 4.53. The zero-order chi connectivity index (χ0) is 13.5. The van der Waals surface area contributed by atoms with Gasteiger partial charge in [0.2, 0.25) is 5.16 Å². The quantitative estimate of drug-likeness (QED) is 0.510. The zero-order valence-electron chi connectivity index (χ0n) is 10.5. The van der Waals surface area contributed by atoms with Gasteiger partial charge in [0.1, 0.15) is 12.4 Å². The molecule has 0 fully saturated rings. The summed E-state index contributed by atoms with van der Waals surface area (Å²) in [5.41, 5.74) is 0. The number of para-hydroxylation sites is 1. The molecular weight excluding hydrogens is 260 g/mol. The Labute approximate surface area is 116 Å². The van der Waals surface area contributed by atoms with Crippen molar-refractivity contribution in [2.75, 3.05) is 11.6 Å².